The number of amides is 1. The number of hydrogen-bond acceptors (Lipinski definition) is 3. The molecule has 29 heavy (non-hydrogen) atoms. The summed E-state index contributed by atoms with van der Waals surface area (Å²) in [6, 6.07) is 11.3. The number of carbonyl (C=O) groups is 1. The maximum absolute atomic E-state index is 13.5. The molecular weight excluding hydrogens is 397 g/mol. The van der Waals surface area contributed by atoms with Gasteiger partial charge in [-0.1, -0.05) is 29.8 Å². The van der Waals surface area contributed by atoms with E-state index in [0.29, 0.717) is 23.6 Å². The highest BCUT2D eigenvalue weighted by atomic mass is 35.5. The molecule has 1 amide bonds. The molecule has 0 saturated heterocycles. The number of nitrogens with one attached hydrogen (secondary N) is 1. The summed E-state index contributed by atoms with van der Waals surface area (Å²) >= 11 is 5.83. The molecule has 150 valence electrons. The molecule has 0 unspecified atom stereocenters. The minimum atomic E-state index is -0.857. The fourth-order valence-corrected chi connectivity index (χ4v) is 3.00. The van der Waals surface area contributed by atoms with Crippen molar-refractivity contribution in [1.82, 2.24) is 14.5 Å². The first kappa shape index (κ1) is 20.5. The summed E-state index contributed by atoms with van der Waals surface area (Å²) < 4.78 is 15.6. The molecule has 0 aliphatic carbocycles. The summed E-state index contributed by atoms with van der Waals surface area (Å²) in [6.07, 6.45) is 3.30. The van der Waals surface area contributed by atoms with Gasteiger partial charge < -0.3 is 5.32 Å². The lowest BCUT2D eigenvalue weighted by molar-refractivity contribution is -0.121. The van der Waals surface area contributed by atoms with Gasteiger partial charge in [0.05, 0.1) is 5.69 Å². The molecule has 0 spiro atoms. The van der Waals surface area contributed by atoms with E-state index in [9.17, 15) is 18.8 Å². The normalized spacial score (nSPS) is 10.7. The lowest BCUT2D eigenvalue weighted by Crippen LogP contribution is -2.42. The van der Waals surface area contributed by atoms with E-state index in [1.165, 1.54) is 30.6 Å². The Bertz CT molecular complexity index is 1150. The zero-order valence-corrected chi connectivity index (χ0v) is 16.4. The van der Waals surface area contributed by atoms with Crippen LogP contribution >= 0.6 is 11.6 Å². The molecule has 0 saturated carbocycles. The van der Waals surface area contributed by atoms with Crippen molar-refractivity contribution in [2.45, 2.75) is 19.9 Å². The molecule has 2 aromatic carbocycles. The molecule has 3 aromatic rings. The molecule has 1 N–H and O–H groups in total. The molecule has 0 fully saturated rings. The van der Waals surface area contributed by atoms with Crippen LogP contribution in [0.1, 0.15) is 11.1 Å². The van der Waals surface area contributed by atoms with Crippen molar-refractivity contribution in [2.24, 2.45) is 0 Å². The summed E-state index contributed by atoms with van der Waals surface area (Å²) in [4.78, 5) is 36.9. The second-order valence-electron chi connectivity index (χ2n) is 6.56. The SMILES string of the molecule is Cc1ccc(F)cc1-n1ccn(CC(=O)NCCc2ccc(Cl)cc2)c(=O)c1=O. The second kappa shape index (κ2) is 8.87. The summed E-state index contributed by atoms with van der Waals surface area (Å²) in [7, 11) is 0. The van der Waals surface area contributed by atoms with Gasteiger partial charge in [0.1, 0.15) is 12.4 Å². The van der Waals surface area contributed by atoms with Crippen LogP contribution in [0, 0.1) is 12.7 Å². The number of nitrogens with zero attached hydrogens (tertiary/aromatic N) is 2. The van der Waals surface area contributed by atoms with Crippen LogP contribution in [0.2, 0.25) is 5.02 Å². The molecule has 0 aliphatic heterocycles. The summed E-state index contributed by atoms with van der Waals surface area (Å²) in [6.45, 7) is 1.81. The zero-order valence-electron chi connectivity index (χ0n) is 15.7. The lowest BCUT2D eigenvalue weighted by atomic mass is 10.1. The largest absolute Gasteiger partial charge is 0.354 e. The Kier molecular flexibility index (Phi) is 6.29. The van der Waals surface area contributed by atoms with Gasteiger partial charge in [-0.3, -0.25) is 23.5 Å². The summed E-state index contributed by atoms with van der Waals surface area (Å²) in [5.74, 6) is -0.901. The van der Waals surface area contributed by atoms with Crippen LogP contribution in [0.5, 0.6) is 0 Å². The standard InChI is InChI=1S/C21H19ClFN3O3/c1-14-2-7-17(23)12-18(14)26-11-10-25(20(28)21(26)29)13-19(27)24-9-8-15-3-5-16(22)6-4-15/h2-7,10-12H,8-9,13H2,1H3,(H,24,27). The number of rotatable bonds is 6. The molecule has 0 radical (unpaired) electrons. The Morgan fingerprint density at radius 3 is 2.52 bits per heavy atom. The van der Waals surface area contributed by atoms with Crippen LogP contribution in [-0.4, -0.2) is 21.6 Å². The first-order valence-electron chi connectivity index (χ1n) is 8.95. The van der Waals surface area contributed by atoms with E-state index >= 15 is 0 Å². The molecule has 3 rings (SSSR count). The molecule has 0 aliphatic rings. The highest BCUT2D eigenvalue weighted by Gasteiger charge is 2.11. The third-order valence-corrected chi connectivity index (χ3v) is 4.70. The van der Waals surface area contributed by atoms with E-state index in [1.54, 1.807) is 19.1 Å². The maximum Gasteiger partial charge on any atom is 0.320 e. The zero-order chi connectivity index (χ0) is 21.0. The summed E-state index contributed by atoms with van der Waals surface area (Å²) in [5.41, 5.74) is 0.233. The first-order chi connectivity index (χ1) is 13.8. The number of carbonyl (C=O) groups excluding carboxylic acids is 1. The van der Waals surface area contributed by atoms with E-state index < -0.39 is 16.9 Å². The average molecular weight is 416 g/mol. The average Bonchev–Trinajstić information content (AvgIpc) is 2.69. The summed E-state index contributed by atoms with van der Waals surface area (Å²) in [5, 5.41) is 3.35. The predicted octanol–water partition coefficient (Wildman–Crippen LogP) is 2.46. The van der Waals surface area contributed by atoms with Crippen LogP contribution in [0.3, 0.4) is 0 Å². The monoisotopic (exact) mass is 415 g/mol. The van der Waals surface area contributed by atoms with Crippen LogP contribution in [0.25, 0.3) is 5.69 Å². The van der Waals surface area contributed by atoms with Gasteiger partial charge >= 0.3 is 11.1 Å². The lowest BCUT2D eigenvalue weighted by Gasteiger charge is -2.11. The van der Waals surface area contributed by atoms with E-state index in [4.69, 9.17) is 11.6 Å². The van der Waals surface area contributed by atoms with Gasteiger partial charge in [-0.15, -0.1) is 0 Å². The third-order valence-electron chi connectivity index (χ3n) is 4.45. The fraction of sp³-hybridized carbons (Fsp3) is 0.190. The van der Waals surface area contributed by atoms with Crippen molar-refractivity contribution in [3.8, 4) is 5.69 Å². The Balaban J connectivity index is 1.68. The Morgan fingerprint density at radius 1 is 1.07 bits per heavy atom. The van der Waals surface area contributed by atoms with Crippen molar-refractivity contribution in [1.29, 1.82) is 0 Å². The number of halogens is 2. The van der Waals surface area contributed by atoms with Crippen molar-refractivity contribution >= 4 is 17.5 Å². The maximum atomic E-state index is 13.5. The minimum Gasteiger partial charge on any atom is -0.354 e. The highest BCUT2D eigenvalue weighted by molar-refractivity contribution is 6.30. The van der Waals surface area contributed by atoms with Gasteiger partial charge in [0, 0.05) is 24.0 Å². The Hall–Kier alpha value is -3.19. The molecular formula is C21H19ClFN3O3. The van der Waals surface area contributed by atoms with Gasteiger partial charge in [0.25, 0.3) is 0 Å². The number of aromatic nitrogens is 2. The topological polar surface area (TPSA) is 73.1 Å². The van der Waals surface area contributed by atoms with Crippen molar-refractivity contribution in [3.05, 3.63) is 97.5 Å². The van der Waals surface area contributed by atoms with Crippen LogP contribution in [-0.2, 0) is 17.8 Å². The fourth-order valence-electron chi connectivity index (χ4n) is 2.87. The smallest absolute Gasteiger partial charge is 0.320 e. The molecule has 6 nitrogen and oxygen atoms in total. The quantitative estimate of drug-likeness (QED) is 0.628. The van der Waals surface area contributed by atoms with E-state index in [0.717, 1.165) is 14.7 Å². The molecule has 0 bridgehead atoms. The van der Waals surface area contributed by atoms with Crippen molar-refractivity contribution in [2.75, 3.05) is 6.54 Å². The van der Waals surface area contributed by atoms with Gasteiger partial charge in [-0.2, -0.15) is 0 Å². The Morgan fingerprint density at radius 2 is 1.79 bits per heavy atom. The van der Waals surface area contributed by atoms with Gasteiger partial charge in [-0.25, -0.2) is 4.39 Å². The number of hydrogen-bond donors (Lipinski definition) is 1. The van der Waals surface area contributed by atoms with Gasteiger partial charge in [0.15, 0.2) is 0 Å². The molecule has 1 heterocycles. The Labute approximate surface area is 171 Å². The predicted molar refractivity (Wildman–Crippen MR) is 109 cm³/mol. The van der Waals surface area contributed by atoms with Crippen LogP contribution in [0.4, 0.5) is 4.39 Å². The van der Waals surface area contributed by atoms with Crippen molar-refractivity contribution < 1.29 is 9.18 Å². The van der Waals surface area contributed by atoms with Gasteiger partial charge in [0.2, 0.25) is 5.91 Å². The minimum absolute atomic E-state index is 0.280. The van der Waals surface area contributed by atoms with E-state index in [1.807, 2.05) is 12.1 Å². The molecule has 8 heteroatoms. The van der Waals surface area contributed by atoms with E-state index in [2.05, 4.69) is 5.32 Å². The first-order valence-corrected chi connectivity index (χ1v) is 9.33. The second-order valence-corrected chi connectivity index (χ2v) is 7.00. The highest BCUT2D eigenvalue weighted by Crippen LogP contribution is 2.13. The van der Waals surface area contributed by atoms with Crippen LogP contribution < -0.4 is 16.4 Å². The number of benzene rings is 2. The van der Waals surface area contributed by atoms with Gasteiger partial charge in [-0.05, 0) is 48.7 Å². The third kappa shape index (κ3) is 5.00. The number of aryl methyl sites for hydroxylation is 1. The molecule has 1 aromatic heterocycles. The molecule has 0 atom stereocenters. The van der Waals surface area contributed by atoms with Crippen LogP contribution in [0.15, 0.2) is 64.4 Å². The van der Waals surface area contributed by atoms with Crippen molar-refractivity contribution in [3.63, 3.8) is 0 Å². The van der Waals surface area contributed by atoms with E-state index in [-0.39, 0.29) is 18.1 Å².